The molecule has 4 heteroatoms. The number of carbonyl (C=O) groups is 2. The topological polar surface area (TPSA) is 55.4 Å². The Kier molecular flexibility index (Phi) is 5.53. The van der Waals surface area contributed by atoms with Gasteiger partial charge in [0.15, 0.2) is 6.61 Å². The Balaban J connectivity index is 1.90. The normalized spacial score (nSPS) is 10.7. The van der Waals surface area contributed by atoms with Crippen LogP contribution in [0.5, 0.6) is 0 Å². The monoisotopic (exact) mass is 299 g/mol. The number of nitrogens with one attached hydrogen (secondary N) is 1. The fourth-order valence-corrected chi connectivity index (χ4v) is 2.17. The van der Waals surface area contributed by atoms with E-state index in [1.54, 1.807) is 0 Å². The highest BCUT2D eigenvalue weighted by atomic mass is 16.5. The summed E-state index contributed by atoms with van der Waals surface area (Å²) < 4.78 is 5.04. The van der Waals surface area contributed by atoms with Crippen LogP contribution in [0.2, 0.25) is 0 Å². The Bertz CT molecular complexity index is 659. The van der Waals surface area contributed by atoms with Crippen molar-refractivity contribution in [1.29, 1.82) is 0 Å². The SMILES string of the molecule is CC(C)CNC(=O)COC(=O)Cc1cccc2ccccc12. The number of carbonyl (C=O) groups excluding carboxylic acids is 2. The minimum absolute atomic E-state index is 0.165. The number of amides is 1. The zero-order valence-electron chi connectivity index (χ0n) is 13.0. The molecule has 0 bridgehead atoms. The molecule has 22 heavy (non-hydrogen) atoms. The van der Waals surface area contributed by atoms with Gasteiger partial charge in [0.2, 0.25) is 0 Å². The first kappa shape index (κ1) is 16.0. The van der Waals surface area contributed by atoms with Crippen LogP contribution >= 0.6 is 0 Å². The van der Waals surface area contributed by atoms with Gasteiger partial charge in [0, 0.05) is 6.54 Å². The molecule has 0 aliphatic carbocycles. The summed E-state index contributed by atoms with van der Waals surface area (Å²) >= 11 is 0. The van der Waals surface area contributed by atoms with E-state index in [1.165, 1.54) is 0 Å². The lowest BCUT2D eigenvalue weighted by atomic mass is 10.0. The molecule has 0 radical (unpaired) electrons. The molecule has 4 nitrogen and oxygen atoms in total. The van der Waals surface area contributed by atoms with E-state index in [0.717, 1.165) is 16.3 Å². The van der Waals surface area contributed by atoms with Gasteiger partial charge in [-0.05, 0) is 22.3 Å². The molecular formula is C18H21NO3. The molecule has 0 saturated carbocycles. The highest BCUT2D eigenvalue weighted by Crippen LogP contribution is 2.19. The summed E-state index contributed by atoms with van der Waals surface area (Å²) in [6.45, 7) is 4.37. The molecule has 0 spiro atoms. The molecule has 0 saturated heterocycles. The fraction of sp³-hybridized carbons (Fsp3) is 0.333. The van der Waals surface area contributed by atoms with Crippen LogP contribution in [0.1, 0.15) is 19.4 Å². The standard InChI is InChI=1S/C18H21NO3/c1-13(2)11-19-17(20)12-22-18(21)10-15-8-5-7-14-6-3-4-9-16(14)15/h3-9,13H,10-12H2,1-2H3,(H,19,20). The molecule has 0 fully saturated rings. The van der Waals surface area contributed by atoms with Crippen molar-refractivity contribution in [1.82, 2.24) is 5.32 Å². The van der Waals surface area contributed by atoms with E-state index in [4.69, 9.17) is 4.74 Å². The molecule has 2 aromatic carbocycles. The second-order valence-corrected chi connectivity index (χ2v) is 5.67. The smallest absolute Gasteiger partial charge is 0.310 e. The highest BCUT2D eigenvalue weighted by Gasteiger charge is 2.10. The van der Waals surface area contributed by atoms with Crippen molar-refractivity contribution in [3.8, 4) is 0 Å². The van der Waals surface area contributed by atoms with Gasteiger partial charge in [0.05, 0.1) is 6.42 Å². The van der Waals surface area contributed by atoms with E-state index in [0.29, 0.717) is 12.5 Å². The van der Waals surface area contributed by atoms with E-state index in [-0.39, 0.29) is 18.9 Å². The summed E-state index contributed by atoms with van der Waals surface area (Å²) in [5.74, 6) is -0.286. The maximum Gasteiger partial charge on any atom is 0.310 e. The Morgan fingerprint density at radius 3 is 2.59 bits per heavy atom. The van der Waals surface area contributed by atoms with Crippen molar-refractivity contribution in [2.45, 2.75) is 20.3 Å². The number of benzene rings is 2. The van der Waals surface area contributed by atoms with Crippen LogP contribution in [0.15, 0.2) is 42.5 Å². The van der Waals surface area contributed by atoms with Crippen molar-refractivity contribution >= 4 is 22.6 Å². The van der Waals surface area contributed by atoms with Crippen LogP contribution in [0.25, 0.3) is 10.8 Å². The Labute approximate surface area is 130 Å². The summed E-state index contributed by atoms with van der Waals surface area (Å²) in [5, 5.41) is 4.83. The van der Waals surface area contributed by atoms with Crippen LogP contribution in [0.3, 0.4) is 0 Å². The average Bonchev–Trinajstić information content (AvgIpc) is 2.51. The van der Waals surface area contributed by atoms with Crippen LogP contribution in [0.4, 0.5) is 0 Å². The summed E-state index contributed by atoms with van der Waals surface area (Å²) in [6.07, 6.45) is 0.165. The van der Waals surface area contributed by atoms with Crippen molar-refractivity contribution in [3.63, 3.8) is 0 Å². The van der Waals surface area contributed by atoms with Gasteiger partial charge in [-0.3, -0.25) is 9.59 Å². The van der Waals surface area contributed by atoms with Gasteiger partial charge >= 0.3 is 5.97 Å². The fourth-order valence-electron chi connectivity index (χ4n) is 2.17. The zero-order chi connectivity index (χ0) is 15.9. The quantitative estimate of drug-likeness (QED) is 0.834. The first-order valence-corrected chi connectivity index (χ1v) is 7.45. The lowest BCUT2D eigenvalue weighted by Gasteiger charge is -2.09. The van der Waals surface area contributed by atoms with Crippen LogP contribution in [0, 0.1) is 5.92 Å². The lowest BCUT2D eigenvalue weighted by molar-refractivity contribution is -0.147. The number of hydrogen-bond acceptors (Lipinski definition) is 3. The van der Waals surface area contributed by atoms with Crippen molar-refractivity contribution in [2.24, 2.45) is 5.92 Å². The van der Waals surface area contributed by atoms with Gasteiger partial charge < -0.3 is 10.1 Å². The van der Waals surface area contributed by atoms with Gasteiger partial charge in [-0.15, -0.1) is 0 Å². The molecule has 0 aliphatic heterocycles. The number of hydrogen-bond donors (Lipinski definition) is 1. The first-order valence-electron chi connectivity index (χ1n) is 7.45. The molecule has 2 aromatic rings. The largest absolute Gasteiger partial charge is 0.455 e. The molecule has 0 aliphatic rings. The second kappa shape index (κ2) is 7.59. The number of fused-ring (bicyclic) bond motifs is 1. The maximum atomic E-state index is 11.9. The molecule has 0 unspecified atom stereocenters. The second-order valence-electron chi connectivity index (χ2n) is 5.67. The third-order valence-corrected chi connectivity index (χ3v) is 3.29. The molecule has 2 rings (SSSR count). The van der Waals surface area contributed by atoms with Crippen molar-refractivity contribution < 1.29 is 14.3 Å². The third kappa shape index (κ3) is 4.58. The zero-order valence-corrected chi connectivity index (χ0v) is 13.0. The van der Waals surface area contributed by atoms with E-state index >= 15 is 0 Å². The van der Waals surface area contributed by atoms with E-state index in [9.17, 15) is 9.59 Å². The Hall–Kier alpha value is -2.36. The summed E-state index contributed by atoms with van der Waals surface area (Å²) in [6, 6.07) is 13.7. The molecule has 0 aromatic heterocycles. The summed E-state index contributed by atoms with van der Waals surface area (Å²) in [4.78, 5) is 23.4. The molecule has 0 atom stereocenters. The van der Waals surface area contributed by atoms with Gasteiger partial charge in [0.1, 0.15) is 0 Å². The molecule has 116 valence electrons. The first-order chi connectivity index (χ1) is 10.6. The summed E-state index contributed by atoms with van der Waals surface area (Å²) in [7, 11) is 0. The molecular weight excluding hydrogens is 278 g/mol. The van der Waals surface area contributed by atoms with Gasteiger partial charge in [-0.2, -0.15) is 0 Å². The molecule has 1 N–H and O–H groups in total. The van der Waals surface area contributed by atoms with E-state index in [2.05, 4.69) is 5.32 Å². The van der Waals surface area contributed by atoms with Crippen LogP contribution in [-0.4, -0.2) is 25.0 Å². The highest BCUT2D eigenvalue weighted by molar-refractivity contribution is 5.89. The van der Waals surface area contributed by atoms with Gasteiger partial charge in [-0.25, -0.2) is 0 Å². The van der Waals surface area contributed by atoms with E-state index in [1.807, 2.05) is 56.3 Å². The third-order valence-electron chi connectivity index (χ3n) is 3.29. The minimum atomic E-state index is -0.393. The Morgan fingerprint density at radius 2 is 1.82 bits per heavy atom. The van der Waals surface area contributed by atoms with Crippen LogP contribution in [-0.2, 0) is 20.7 Å². The predicted octanol–water partition coefficient (Wildman–Crippen LogP) is 2.70. The van der Waals surface area contributed by atoms with Crippen LogP contribution < -0.4 is 5.32 Å². The van der Waals surface area contributed by atoms with E-state index < -0.39 is 5.97 Å². The number of rotatable bonds is 6. The lowest BCUT2D eigenvalue weighted by Crippen LogP contribution is -2.31. The Morgan fingerprint density at radius 1 is 1.09 bits per heavy atom. The summed E-state index contributed by atoms with van der Waals surface area (Å²) in [5.41, 5.74) is 0.908. The van der Waals surface area contributed by atoms with Crippen molar-refractivity contribution in [3.05, 3.63) is 48.0 Å². The number of esters is 1. The predicted molar refractivity (Wildman–Crippen MR) is 86.5 cm³/mol. The number of ether oxygens (including phenoxy) is 1. The molecule has 1 amide bonds. The maximum absolute atomic E-state index is 11.9. The van der Waals surface area contributed by atoms with Gasteiger partial charge in [-0.1, -0.05) is 56.3 Å². The minimum Gasteiger partial charge on any atom is -0.455 e. The average molecular weight is 299 g/mol. The molecule has 0 heterocycles. The van der Waals surface area contributed by atoms with Gasteiger partial charge in [0.25, 0.3) is 5.91 Å². The van der Waals surface area contributed by atoms with Crippen molar-refractivity contribution in [2.75, 3.05) is 13.2 Å².